The van der Waals surface area contributed by atoms with Gasteiger partial charge in [-0.1, -0.05) is 0 Å². The summed E-state index contributed by atoms with van der Waals surface area (Å²) in [5.41, 5.74) is 0.636. The van der Waals surface area contributed by atoms with Crippen molar-refractivity contribution in [1.82, 2.24) is 19.2 Å². The lowest BCUT2D eigenvalue weighted by atomic mass is 10.1. The zero-order chi connectivity index (χ0) is 13.6. The summed E-state index contributed by atoms with van der Waals surface area (Å²) < 4.78 is 41.3. The van der Waals surface area contributed by atoms with E-state index in [2.05, 4.69) is 16.3 Å². The van der Waals surface area contributed by atoms with Crippen LogP contribution in [0.2, 0.25) is 0 Å². The lowest BCUT2D eigenvalue weighted by Gasteiger charge is -2.09. The van der Waals surface area contributed by atoms with Gasteiger partial charge in [0.25, 0.3) is 0 Å². The van der Waals surface area contributed by atoms with Crippen molar-refractivity contribution in [3.8, 4) is 11.1 Å². The lowest BCUT2D eigenvalue weighted by molar-refractivity contribution is -0.137. The van der Waals surface area contributed by atoms with Crippen LogP contribution in [0.4, 0.5) is 13.2 Å². The van der Waals surface area contributed by atoms with E-state index < -0.39 is 11.7 Å². The van der Waals surface area contributed by atoms with Gasteiger partial charge in [-0.2, -0.15) is 18.3 Å². The number of alkyl halides is 3. The molecule has 19 heavy (non-hydrogen) atoms. The summed E-state index contributed by atoms with van der Waals surface area (Å²) in [6, 6.07) is 1.08. The van der Waals surface area contributed by atoms with E-state index in [1.807, 2.05) is 0 Å². The summed E-state index contributed by atoms with van der Waals surface area (Å²) in [6.45, 7) is 0. The average molecular weight is 265 g/mol. The summed E-state index contributed by atoms with van der Waals surface area (Å²) in [5, 5.41) is 3.96. The van der Waals surface area contributed by atoms with E-state index in [1.54, 1.807) is 13.2 Å². The van der Waals surface area contributed by atoms with Gasteiger partial charge in [-0.05, 0) is 6.07 Å². The molecule has 0 aliphatic rings. The maximum atomic E-state index is 12.9. The lowest BCUT2D eigenvalue weighted by Crippen LogP contribution is -2.07. The number of aryl methyl sites for hydroxylation is 1. The third-order valence-corrected chi connectivity index (χ3v) is 2.76. The Morgan fingerprint density at radius 3 is 2.68 bits per heavy atom. The van der Waals surface area contributed by atoms with Crippen LogP contribution in [0.15, 0.2) is 30.9 Å². The van der Waals surface area contributed by atoms with Crippen LogP contribution in [0.1, 0.15) is 5.56 Å². The van der Waals surface area contributed by atoms with Gasteiger partial charge in [0.1, 0.15) is 5.65 Å². The third-order valence-electron chi connectivity index (χ3n) is 2.76. The van der Waals surface area contributed by atoms with Gasteiger partial charge in [-0.15, -0.1) is 0 Å². The maximum Gasteiger partial charge on any atom is 0.417 e. The molecule has 0 atom stereocenters. The highest BCUT2D eigenvalue weighted by Crippen LogP contribution is 2.33. The quantitative estimate of drug-likeness (QED) is 0.677. The molecule has 4 nitrogen and oxygen atoms in total. The number of pyridine rings is 1. The van der Waals surface area contributed by atoms with Crippen LogP contribution in [-0.4, -0.2) is 19.2 Å². The summed E-state index contributed by atoms with van der Waals surface area (Å²) in [5.74, 6) is 0. The maximum absolute atomic E-state index is 12.9. The van der Waals surface area contributed by atoms with E-state index in [0.717, 1.165) is 12.3 Å². The number of hydrogen-bond acceptors (Lipinski definition) is 2. The number of fused-ring (bicyclic) bond motifs is 1. The molecule has 0 N–H and O–H groups in total. The molecule has 0 fully saturated rings. The molecular weight excluding hydrogens is 257 g/mol. The Morgan fingerprint density at radius 1 is 1.26 bits per heavy atom. The highest BCUT2D eigenvalue weighted by Gasteiger charge is 2.32. The van der Waals surface area contributed by atoms with Crippen LogP contribution in [0.5, 0.6) is 0 Å². The Hall–Kier alpha value is -2.31. The van der Waals surface area contributed by atoms with Crippen LogP contribution in [0.25, 0.3) is 16.8 Å². The Kier molecular flexibility index (Phi) is 2.38. The summed E-state index contributed by atoms with van der Waals surface area (Å²) in [4.78, 5) is 4.03. The van der Waals surface area contributed by atoms with Crippen molar-refractivity contribution in [3.63, 3.8) is 0 Å². The molecule has 3 aromatic rings. The minimum Gasteiger partial charge on any atom is -0.297 e. The van der Waals surface area contributed by atoms with E-state index >= 15 is 0 Å². The van der Waals surface area contributed by atoms with Crippen molar-refractivity contribution in [2.45, 2.75) is 6.18 Å². The second kappa shape index (κ2) is 3.84. The van der Waals surface area contributed by atoms with Crippen molar-refractivity contribution in [2.75, 3.05) is 0 Å². The second-order valence-corrected chi connectivity index (χ2v) is 4.12. The normalized spacial score (nSPS) is 12.2. The SMILES string of the molecule is Cn1cc(-c2cc(C(F)(F)F)cn3[c]cnc23)cn1. The minimum atomic E-state index is -4.41. The molecule has 3 aromatic heterocycles. The number of halogens is 3. The highest BCUT2D eigenvalue weighted by atomic mass is 19.4. The fourth-order valence-corrected chi connectivity index (χ4v) is 1.90. The van der Waals surface area contributed by atoms with Gasteiger partial charge in [0.15, 0.2) is 0 Å². The molecule has 97 valence electrons. The van der Waals surface area contributed by atoms with E-state index in [-0.39, 0.29) is 0 Å². The monoisotopic (exact) mass is 265 g/mol. The molecule has 0 saturated heterocycles. The second-order valence-electron chi connectivity index (χ2n) is 4.12. The van der Waals surface area contributed by atoms with Gasteiger partial charge < -0.3 is 0 Å². The highest BCUT2D eigenvalue weighted by molar-refractivity contribution is 5.77. The number of nitrogens with zero attached hydrogens (tertiary/aromatic N) is 4. The standard InChI is InChI=1S/C12H8F3N4/c1-18-6-8(5-17-18)10-4-9(12(13,14)15)7-19-3-2-16-11(10)19/h2,4-7H,1H3. The van der Waals surface area contributed by atoms with E-state index in [4.69, 9.17) is 0 Å². The van der Waals surface area contributed by atoms with Gasteiger partial charge in [-0.3, -0.25) is 9.08 Å². The molecule has 0 aliphatic carbocycles. The van der Waals surface area contributed by atoms with Gasteiger partial charge in [0.2, 0.25) is 0 Å². The minimum absolute atomic E-state index is 0.379. The number of rotatable bonds is 1. The van der Waals surface area contributed by atoms with E-state index in [0.29, 0.717) is 16.8 Å². The first-order chi connectivity index (χ1) is 8.95. The first kappa shape index (κ1) is 11.8. The van der Waals surface area contributed by atoms with Gasteiger partial charge in [0.05, 0.1) is 24.2 Å². The van der Waals surface area contributed by atoms with Crippen LogP contribution < -0.4 is 0 Å². The predicted molar refractivity (Wildman–Crippen MR) is 61.2 cm³/mol. The fraction of sp³-hybridized carbons (Fsp3) is 0.167. The molecule has 0 aliphatic heterocycles. The topological polar surface area (TPSA) is 35.1 Å². The smallest absolute Gasteiger partial charge is 0.297 e. The molecule has 3 rings (SSSR count). The molecule has 0 aromatic carbocycles. The van der Waals surface area contributed by atoms with Gasteiger partial charge in [-0.25, -0.2) is 4.98 Å². The van der Waals surface area contributed by atoms with Crippen LogP contribution in [0, 0.1) is 6.20 Å². The first-order valence-electron chi connectivity index (χ1n) is 5.40. The fourth-order valence-electron chi connectivity index (χ4n) is 1.90. The van der Waals surface area contributed by atoms with Crippen molar-refractivity contribution >= 4 is 5.65 Å². The van der Waals surface area contributed by atoms with Crippen molar-refractivity contribution in [2.24, 2.45) is 7.05 Å². The van der Waals surface area contributed by atoms with Crippen molar-refractivity contribution in [3.05, 3.63) is 42.6 Å². The molecule has 0 unspecified atom stereocenters. The van der Waals surface area contributed by atoms with Crippen molar-refractivity contribution in [1.29, 1.82) is 0 Å². The summed E-state index contributed by atoms with van der Waals surface area (Å²) in [6.07, 6.45) is 3.68. The zero-order valence-electron chi connectivity index (χ0n) is 9.81. The van der Waals surface area contributed by atoms with Gasteiger partial charge in [0, 0.05) is 30.6 Å². The largest absolute Gasteiger partial charge is 0.417 e. The van der Waals surface area contributed by atoms with Crippen molar-refractivity contribution < 1.29 is 13.2 Å². The number of hydrogen-bond donors (Lipinski definition) is 0. The predicted octanol–water partition coefficient (Wildman–Crippen LogP) is 2.55. The van der Waals surface area contributed by atoms with Gasteiger partial charge >= 0.3 is 6.18 Å². The first-order valence-corrected chi connectivity index (χ1v) is 5.40. The summed E-state index contributed by atoms with van der Waals surface area (Å²) >= 11 is 0. The summed E-state index contributed by atoms with van der Waals surface area (Å²) in [7, 11) is 1.70. The van der Waals surface area contributed by atoms with Crippen LogP contribution in [0.3, 0.4) is 0 Å². The Bertz CT molecular complexity index is 739. The molecule has 3 heterocycles. The Labute approximate surface area is 106 Å². The van der Waals surface area contributed by atoms with E-state index in [9.17, 15) is 13.2 Å². The number of imidazole rings is 1. The molecule has 7 heteroatoms. The molecule has 1 radical (unpaired) electrons. The molecule has 0 bridgehead atoms. The zero-order valence-corrected chi connectivity index (χ0v) is 9.81. The molecular formula is C12H8F3N4. The van der Waals surface area contributed by atoms with Crippen LogP contribution >= 0.6 is 0 Å². The Morgan fingerprint density at radius 2 is 2.05 bits per heavy atom. The molecule has 0 spiro atoms. The average Bonchev–Trinajstić information content (AvgIpc) is 2.94. The number of aromatic nitrogens is 4. The van der Waals surface area contributed by atoms with E-state index in [1.165, 1.54) is 21.5 Å². The third kappa shape index (κ3) is 1.96. The molecule has 0 saturated carbocycles. The Balaban J connectivity index is 2.30. The van der Waals surface area contributed by atoms with Crippen LogP contribution in [-0.2, 0) is 13.2 Å². The molecule has 0 amide bonds.